The standard InChI is InChI=1S/C14H14FN5O2/c1-8-2-3-11(10(15)4-8)20-6-9(5-12(20)21)13(22)18-14-16-7-17-19-14/h2-4,7,9H,5-6H2,1H3,(H2,16,17,18,19,22). The highest BCUT2D eigenvalue weighted by atomic mass is 19.1. The normalized spacial score (nSPS) is 17.8. The van der Waals surface area contributed by atoms with Crippen LogP contribution >= 0.6 is 0 Å². The van der Waals surface area contributed by atoms with Crippen LogP contribution in [0.3, 0.4) is 0 Å². The largest absolute Gasteiger partial charge is 0.309 e. The van der Waals surface area contributed by atoms with E-state index in [1.165, 1.54) is 17.3 Å². The number of halogens is 1. The first kappa shape index (κ1) is 14.2. The van der Waals surface area contributed by atoms with Crippen molar-refractivity contribution in [1.82, 2.24) is 15.2 Å². The van der Waals surface area contributed by atoms with Crippen LogP contribution in [0.2, 0.25) is 0 Å². The van der Waals surface area contributed by atoms with E-state index < -0.39 is 11.7 Å². The first-order valence-corrected chi connectivity index (χ1v) is 6.77. The Hall–Kier alpha value is -2.77. The number of hydrogen-bond donors (Lipinski definition) is 2. The molecule has 2 heterocycles. The Morgan fingerprint density at radius 3 is 3.00 bits per heavy atom. The number of benzene rings is 1. The maximum atomic E-state index is 14.0. The van der Waals surface area contributed by atoms with E-state index in [0.29, 0.717) is 0 Å². The van der Waals surface area contributed by atoms with Crippen LogP contribution in [0.5, 0.6) is 0 Å². The van der Waals surface area contributed by atoms with Crippen LogP contribution in [0.4, 0.5) is 16.0 Å². The quantitative estimate of drug-likeness (QED) is 0.892. The average Bonchev–Trinajstić information content (AvgIpc) is 3.09. The first-order valence-electron chi connectivity index (χ1n) is 6.77. The van der Waals surface area contributed by atoms with Gasteiger partial charge in [-0.25, -0.2) is 9.49 Å². The van der Waals surface area contributed by atoms with Crippen molar-refractivity contribution in [3.8, 4) is 0 Å². The summed E-state index contributed by atoms with van der Waals surface area (Å²) in [6.45, 7) is 1.91. The van der Waals surface area contributed by atoms with Gasteiger partial charge in [-0.3, -0.25) is 14.9 Å². The van der Waals surface area contributed by atoms with Gasteiger partial charge in [0.25, 0.3) is 0 Å². The van der Waals surface area contributed by atoms with E-state index in [1.54, 1.807) is 19.1 Å². The molecule has 1 aromatic carbocycles. The summed E-state index contributed by atoms with van der Waals surface area (Å²) in [7, 11) is 0. The van der Waals surface area contributed by atoms with Gasteiger partial charge < -0.3 is 4.90 Å². The average molecular weight is 303 g/mol. The Morgan fingerprint density at radius 1 is 1.50 bits per heavy atom. The molecule has 114 valence electrons. The lowest BCUT2D eigenvalue weighted by atomic mass is 10.1. The second kappa shape index (κ2) is 5.55. The lowest BCUT2D eigenvalue weighted by Crippen LogP contribution is -2.29. The third-order valence-electron chi connectivity index (χ3n) is 3.55. The van der Waals surface area contributed by atoms with Gasteiger partial charge >= 0.3 is 0 Å². The van der Waals surface area contributed by atoms with Crippen molar-refractivity contribution in [2.75, 3.05) is 16.8 Å². The van der Waals surface area contributed by atoms with Gasteiger partial charge in [0.2, 0.25) is 17.8 Å². The number of aryl methyl sites for hydroxylation is 1. The molecule has 1 fully saturated rings. The number of carbonyl (C=O) groups is 2. The van der Waals surface area contributed by atoms with Crippen molar-refractivity contribution in [3.05, 3.63) is 35.9 Å². The van der Waals surface area contributed by atoms with E-state index in [9.17, 15) is 14.0 Å². The van der Waals surface area contributed by atoms with Gasteiger partial charge in [-0.2, -0.15) is 10.1 Å². The zero-order valence-corrected chi connectivity index (χ0v) is 11.8. The Kier molecular flexibility index (Phi) is 3.58. The summed E-state index contributed by atoms with van der Waals surface area (Å²) in [6, 6.07) is 4.65. The summed E-state index contributed by atoms with van der Waals surface area (Å²) in [6.07, 6.45) is 1.30. The van der Waals surface area contributed by atoms with E-state index in [0.717, 1.165) is 5.56 Å². The molecule has 2 amide bonds. The smallest absolute Gasteiger partial charge is 0.232 e. The van der Waals surface area contributed by atoms with E-state index in [2.05, 4.69) is 20.5 Å². The monoisotopic (exact) mass is 303 g/mol. The molecule has 1 aromatic heterocycles. The highest BCUT2D eigenvalue weighted by Crippen LogP contribution is 2.28. The second-order valence-corrected chi connectivity index (χ2v) is 5.18. The van der Waals surface area contributed by atoms with Crippen LogP contribution in [-0.2, 0) is 9.59 Å². The number of carbonyl (C=O) groups excluding carboxylic acids is 2. The van der Waals surface area contributed by atoms with Gasteiger partial charge in [0.1, 0.15) is 12.1 Å². The van der Waals surface area contributed by atoms with Crippen molar-refractivity contribution in [1.29, 1.82) is 0 Å². The van der Waals surface area contributed by atoms with Crippen LogP contribution in [0.1, 0.15) is 12.0 Å². The molecular formula is C14H14FN5O2. The van der Waals surface area contributed by atoms with Crippen LogP contribution in [-0.4, -0.2) is 33.5 Å². The lowest BCUT2D eigenvalue weighted by Gasteiger charge is -2.17. The highest BCUT2D eigenvalue weighted by Gasteiger charge is 2.36. The van der Waals surface area contributed by atoms with Gasteiger partial charge in [-0.1, -0.05) is 6.07 Å². The third-order valence-corrected chi connectivity index (χ3v) is 3.55. The summed E-state index contributed by atoms with van der Waals surface area (Å²) in [5.41, 5.74) is 0.970. The van der Waals surface area contributed by atoms with Crippen molar-refractivity contribution >= 4 is 23.5 Å². The molecule has 0 bridgehead atoms. The number of amides is 2. The van der Waals surface area contributed by atoms with Crippen LogP contribution in [0, 0.1) is 18.7 Å². The van der Waals surface area contributed by atoms with Crippen molar-refractivity contribution < 1.29 is 14.0 Å². The molecule has 0 radical (unpaired) electrons. The minimum absolute atomic E-state index is 0.0350. The van der Waals surface area contributed by atoms with Gasteiger partial charge in [0.05, 0.1) is 11.6 Å². The molecule has 0 saturated carbocycles. The summed E-state index contributed by atoms with van der Waals surface area (Å²) in [5.74, 6) is -1.43. The van der Waals surface area contributed by atoms with Gasteiger partial charge in [-0.05, 0) is 24.6 Å². The minimum atomic E-state index is -0.557. The van der Waals surface area contributed by atoms with Crippen molar-refractivity contribution in [2.45, 2.75) is 13.3 Å². The second-order valence-electron chi connectivity index (χ2n) is 5.18. The Morgan fingerprint density at radius 2 is 2.32 bits per heavy atom. The first-order chi connectivity index (χ1) is 10.5. The zero-order valence-electron chi connectivity index (χ0n) is 11.8. The third kappa shape index (κ3) is 2.67. The number of rotatable bonds is 3. The van der Waals surface area contributed by atoms with Crippen LogP contribution in [0.15, 0.2) is 24.5 Å². The number of H-pyrrole nitrogens is 1. The van der Waals surface area contributed by atoms with E-state index in [1.807, 2.05) is 0 Å². The zero-order chi connectivity index (χ0) is 15.7. The predicted molar refractivity (Wildman–Crippen MR) is 76.6 cm³/mol. The van der Waals surface area contributed by atoms with Crippen LogP contribution in [0.25, 0.3) is 0 Å². The number of nitrogens with one attached hydrogen (secondary N) is 2. The molecule has 7 nitrogen and oxygen atoms in total. The summed E-state index contributed by atoms with van der Waals surface area (Å²) in [4.78, 5) is 29.3. The molecule has 8 heteroatoms. The van der Waals surface area contributed by atoms with Gasteiger partial charge in [0, 0.05) is 13.0 Å². The number of aromatic amines is 1. The minimum Gasteiger partial charge on any atom is -0.309 e. The molecule has 2 aromatic rings. The van der Waals surface area contributed by atoms with Gasteiger partial charge in [-0.15, -0.1) is 0 Å². The fourth-order valence-electron chi connectivity index (χ4n) is 2.43. The Labute approximate surface area is 125 Å². The molecule has 1 aliphatic heterocycles. The van der Waals surface area contributed by atoms with E-state index >= 15 is 0 Å². The fraction of sp³-hybridized carbons (Fsp3) is 0.286. The van der Waals surface area contributed by atoms with E-state index in [4.69, 9.17) is 0 Å². The van der Waals surface area contributed by atoms with Crippen LogP contribution < -0.4 is 10.2 Å². The summed E-state index contributed by atoms with van der Waals surface area (Å²) in [5, 5.41) is 8.67. The van der Waals surface area contributed by atoms with Crippen molar-refractivity contribution in [3.63, 3.8) is 0 Å². The molecular weight excluding hydrogens is 289 g/mol. The summed E-state index contributed by atoms with van der Waals surface area (Å²) < 4.78 is 14.0. The molecule has 0 aliphatic carbocycles. The lowest BCUT2D eigenvalue weighted by molar-refractivity contribution is -0.122. The van der Waals surface area contributed by atoms with Crippen molar-refractivity contribution in [2.24, 2.45) is 5.92 Å². The molecule has 1 atom stereocenters. The number of hydrogen-bond acceptors (Lipinski definition) is 4. The molecule has 2 N–H and O–H groups in total. The molecule has 0 spiro atoms. The van der Waals surface area contributed by atoms with Gasteiger partial charge in [0.15, 0.2) is 0 Å². The Bertz CT molecular complexity index is 716. The Balaban J connectivity index is 1.74. The molecule has 1 unspecified atom stereocenters. The number of anilines is 2. The topological polar surface area (TPSA) is 91.0 Å². The predicted octanol–water partition coefficient (Wildman–Crippen LogP) is 1.24. The van der Waals surface area contributed by atoms with E-state index in [-0.39, 0.29) is 36.4 Å². The number of nitrogens with zero attached hydrogens (tertiary/aromatic N) is 3. The fourth-order valence-corrected chi connectivity index (χ4v) is 2.43. The summed E-state index contributed by atoms with van der Waals surface area (Å²) >= 11 is 0. The molecule has 22 heavy (non-hydrogen) atoms. The maximum absolute atomic E-state index is 14.0. The molecule has 3 rings (SSSR count). The molecule has 1 aliphatic rings. The number of aromatic nitrogens is 3. The SMILES string of the molecule is Cc1ccc(N2CC(C(=O)Nc3ncn[nH]3)CC2=O)c(F)c1. The maximum Gasteiger partial charge on any atom is 0.232 e. The molecule has 1 saturated heterocycles. The highest BCUT2D eigenvalue weighted by molar-refractivity contribution is 6.03.